The Kier molecular flexibility index (Phi) is 2.61. The maximum Gasteiger partial charge on any atom is 0.0969 e. The van der Waals surface area contributed by atoms with E-state index in [1.54, 1.807) is 0 Å². The highest BCUT2D eigenvalue weighted by molar-refractivity contribution is 5.09. The molecule has 2 nitrogen and oxygen atoms in total. The first-order valence-corrected chi connectivity index (χ1v) is 7.25. The SMILES string of the molecule is CC1CCC(C)(C)C2CCC3(CO3)C(CO)C12. The van der Waals surface area contributed by atoms with Crippen molar-refractivity contribution in [2.45, 2.75) is 52.1 Å². The Morgan fingerprint density at radius 2 is 1.94 bits per heavy atom. The van der Waals surface area contributed by atoms with E-state index in [4.69, 9.17) is 4.74 Å². The van der Waals surface area contributed by atoms with E-state index in [2.05, 4.69) is 20.8 Å². The summed E-state index contributed by atoms with van der Waals surface area (Å²) in [5, 5.41) is 9.81. The largest absolute Gasteiger partial charge is 0.396 e. The number of hydrogen-bond donors (Lipinski definition) is 1. The lowest BCUT2D eigenvalue weighted by molar-refractivity contribution is -0.0800. The van der Waals surface area contributed by atoms with Crippen LogP contribution in [0.4, 0.5) is 0 Å². The van der Waals surface area contributed by atoms with E-state index in [0.717, 1.165) is 18.4 Å². The van der Waals surface area contributed by atoms with Gasteiger partial charge in [0, 0.05) is 12.5 Å². The minimum absolute atomic E-state index is 0.0809. The predicted octanol–water partition coefficient (Wildman–Crippen LogP) is 2.85. The molecule has 2 aliphatic carbocycles. The smallest absolute Gasteiger partial charge is 0.0969 e. The normalized spacial score (nSPS) is 52.2. The first-order chi connectivity index (χ1) is 8.00. The van der Waals surface area contributed by atoms with Crippen molar-refractivity contribution in [3.05, 3.63) is 0 Å². The van der Waals surface area contributed by atoms with Crippen LogP contribution in [0.1, 0.15) is 46.5 Å². The van der Waals surface area contributed by atoms with Crippen molar-refractivity contribution >= 4 is 0 Å². The van der Waals surface area contributed by atoms with Crippen molar-refractivity contribution in [2.24, 2.45) is 29.1 Å². The van der Waals surface area contributed by atoms with Gasteiger partial charge in [0.1, 0.15) is 0 Å². The summed E-state index contributed by atoms with van der Waals surface area (Å²) in [6.07, 6.45) is 5.15. The zero-order valence-corrected chi connectivity index (χ0v) is 11.4. The van der Waals surface area contributed by atoms with Crippen LogP contribution in [-0.4, -0.2) is 23.9 Å². The molecule has 1 saturated heterocycles. The zero-order chi connectivity index (χ0) is 12.3. The van der Waals surface area contributed by atoms with Crippen LogP contribution >= 0.6 is 0 Å². The summed E-state index contributed by atoms with van der Waals surface area (Å²) in [4.78, 5) is 0. The number of fused-ring (bicyclic) bond motifs is 1. The van der Waals surface area contributed by atoms with Crippen LogP contribution in [0.25, 0.3) is 0 Å². The van der Waals surface area contributed by atoms with Gasteiger partial charge in [-0.2, -0.15) is 0 Å². The highest BCUT2D eigenvalue weighted by Gasteiger charge is 2.61. The summed E-state index contributed by atoms with van der Waals surface area (Å²) in [6.45, 7) is 8.46. The fourth-order valence-electron chi connectivity index (χ4n) is 4.83. The van der Waals surface area contributed by atoms with Gasteiger partial charge in [-0.05, 0) is 48.9 Å². The van der Waals surface area contributed by atoms with E-state index in [1.807, 2.05) is 0 Å². The van der Waals surface area contributed by atoms with E-state index >= 15 is 0 Å². The third-order valence-corrected chi connectivity index (χ3v) is 6.10. The van der Waals surface area contributed by atoms with Crippen molar-refractivity contribution in [3.8, 4) is 0 Å². The van der Waals surface area contributed by atoms with Crippen LogP contribution in [0.15, 0.2) is 0 Å². The van der Waals surface area contributed by atoms with Crippen molar-refractivity contribution in [2.75, 3.05) is 13.2 Å². The number of ether oxygens (including phenoxy) is 1. The third-order valence-electron chi connectivity index (χ3n) is 6.10. The quantitative estimate of drug-likeness (QED) is 0.713. The Hall–Kier alpha value is -0.0800. The van der Waals surface area contributed by atoms with Gasteiger partial charge in [-0.3, -0.25) is 0 Å². The van der Waals surface area contributed by atoms with E-state index in [1.165, 1.54) is 25.7 Å². The molecule has 1 spiro atoms. The Bertz CT molecular complexity index is 302. The number of aliphatic hydroxyl groups is 1. The molecule has 5 unspecified atom stereocenters. The molecular formula is C15H26O2. The highest BCUT2D eigenvalue weighted by Crippen LogP contribution is 2.60. The lowest BCUT2D eigenvalue weighted by Gasteiger charge is -2.54. The Morgan fingerprint density at radius 3 is 2.53 bits per heavy atom. The fraction of sp³-hybridized carbons (Fsp3) is 1.00. The molecule has 2 heteroatoms. The lowest BCUT2D eigenvalue weighted by Crippen LogP contribution is -2.51. The first kappa shape index (κ1) is 12.0. The topological polar surface area (TPSA) is 32.8 Å². The van der Waals surface area contributed by atoms with Crippen LogP contribution in [0.2, 0.25) is 0 Å². The average Bonchev–Trinajstić information content (AvgIpc) is 3.04. The van der Waals surface area contributed by atoms with Crippen molar-refractivity contribution in [1.82, 2.24) is 0 Å². The maximum atomic E-state index is 9.81. The third kappa shape index (κ3) is 1.67. The van der Waals surface area contributed by atoms with Crippen LogP contribution in [0.5, 0.6) is 0 Å². The average molecular weight is 238 g/mol. The standard InChI is InChI=1S/C15H26O2/c1-10-4-6-14(2,3)11-5-7-15(9-17-15)12(8-16)13(10)11/h10-13,16H,4-9H2,1-3H3. The summed E-state index contributed by atoms with van der Waals surface area (Å²) >= 11 is 0. The van der Waals surface area contributed by atoms with Gasteiger partial charge in [0.25, 0.3) is 0 Å². The second-order valence-electron chi connectivity index (χ2n) is 7.37. The molecule has 1 aliphatic heterocycles. The van der Waals surface area contributed by atoms with Gasteiger partial charge >= 0.3 is 0 Å². The fourth-order valence-corrected chi connectivity index (χ4v) is 4.83. The van der Waals surface area contributed by atoms with Gasteiger partial charge in [-0.1, -0.05) is 20.8 Å². The van der Waals surface area contributed by atoms with Crippen molar-refractivity contribution in [3.63, 3.8) is 0 Å². The Balaban J connectivity index is 1.91. The molecule has 3 aliphatic rings. The zero-order valence-electron chi connectivity index (χ0n) is 11.4. The molecule has 1 heterocycles. The molecule has 98 valence electrons. The molecule has 0 aromatic carbocycles. The van der Waals surface area contributed by atoms with Crippen molar-refractivity contribution in [1.29, 1.82) is 0 Å². The van der Waals surface area contributed by atoms with Gasteiger partial charge in [0.2, 0.25) is 0 Å². The number of epoxide rings is 1. The van der Waals surface area contributed by atoms with Gasteiger partial charge in [0.15, 0.2) is 0 Å². The molecule has 0 bridgehead atoms. The summed E-state index contributed by atoms with van der Waals surface area (Å²) in [6, 6.07) is 0. The second kappa shape index (κ2) is 3.71. The summed E-state index contributed by atoms with van der Waals surface area (Å²) < 4.78 is 5.75. The summed E-state index contributed by atoms with van der Waals surface area (Å²) in [7, 11) is 0. The van der Waals surface area contributed by atoms with E-state index in [0.29, 0.717) is 23.9 Å². The summed E-state index contributed by atoms with van der Waals surface area (Å²) in [5.41, 5.74) is 0.540. The Labute approximate surface area is 105 Å². The van der Waals surface area contributed by atoms with E-state index in [9.17, 15) is 5.11 Å². The van der Waals surface area contributed by atoms with Gasteiger partial charge in [0.05, 0.1) is 12.2 Å². The number of aliphatic hydroxyl groups excluding tert-OH is 1. The number of rotatable bonds is 1. The number of hydrogen-bond acceptors (Lipinski definition) is 2. The van der Waals surface area contributed by atoms with E-state index in [-0.39, 0.29) is 5.60 Å². The first-order valence-electron chi connectivity index (χ1n) is 7.25. The molecule has 2 saturated carbocycles. The molecule has 3 fully saturated rings. The second-order valence-corrected chi connectivity index (χ2v) is 7.37. The molecule has 0 amide bonds. The highest BCUT2D eigenvalue weighted by atomic mass is 16.6. The molecule has 17 heavy (non-hydrogen) atoms. The molecule has 3 rings (SSSR count). The summed E-state index contributed by atoms with van der Waals surface area (Å²) in [5.74, 6) is 2.63. The van der Waals surface area contributed by atoms with Crippen LogP contribution in [-0.2, 0) is 4.74 Å². The van der Waals surface area contributed by atoms with Crippen LogP contribution < -0.4 is 0 Å². The van der Waals surface area contributed by atoms with Crippen LogP contribution in [0.3, 0.4) is 0 Å². The van der Waals surface area contributed by atoms with E-state index < -0.39 is 0 Å². The van der Waals surface area contributed by atoms with Gasteiger partial charge in [-0.15, -0.1) is 0 Å². The molecule has 5 atom stereocenters. The van der Waals surface area contributed by atoms with Crippen LogP contribution in [0, 0.1) is 29.1 Å². The lowest BCUT2D eigenvalue weighted by atomic mass is 9.51. The molecule has 0 aromatic heterocycles. The minimum Gasteiger partial charge on any atom is -0.396 e. The maximum absolute atomic E-state index is 9.81. The monoisotopic (exact) mass is 238 g/mol. The minimum atomic E-state index is 0.0809. The van der Waals surface area contributed by atoms with Gasteiger partial charge < -0.3 is 9.84 Å². The predicted molar refractivity (Wildman–Crippen MR) is 67.7 cm³/mol. The molecule has 0 aromatic rings. The Morgan fingerprint density at radius 1 is 1.24 bits per heavy atom. The molecular weight excluding hydrogens is 212 g/mol. The van der Waals surface area contributed by atoms with Crippen molar-refractivity contribution < 1.29 is 9.84 Å². The molecule has 1 N–H and O–H groups in total. The van der Waals surface area contributed by atoms with Gasteiger partial charge in [-0.25, -0.2) is 0 Å². The molecule has 0 radical (unpaired) electrons.